The van der Waals surface area contributed by atoms with Crippen LogP contribution in [0.1, 0.15) is 29.6 Å². The minimum absolute atomic E-state index is 0.0457. The van der Waals surface area contributed by atoms with Crippen molar-refractivity contribution < 1.29 is 18.1 Å². The van der Waals surface area contributed by atoms with Crippen LogP contribution in [-0.4, -0.2) is 49.5 Å². The van der Waals surface area contributed by atoms with Gasteiger partial charge in [-0.25, -0.2) is 13.1 Å². The van der Waals surface area contributed by atoms with Crippen molar-refractivity contribution in [3.8, 4) is 0 Å². The summed E-state index contributed by atoms with van der Waals surface area (Å²) in [5.41, 5.74) is -0.399. The van der Waals surface area contributed by atoms with E-state index in [4.69, 9.17) is 11.6 Å². The molecule has 1 N–H and O–H groups in total. The van der Waals surface area contributed by atoms with Gasteiger partial charge in [-0.05, 0) is 31.4 Å². The van der Waals surface area contributed by atoms with E-state index in [-0.39, 0.29) is 28.9 Å². The van der Waals surface area contributed by atoms with Crippen LogP contribution in [0, 0.1) is 10.1 Å². The molecule has 1 aromatic rings. The quantitative estimate of drug-likeness (QED) is 0.623. The third kappa shape index (κ3) is 4.65. The van der Waals surface area contributed by atoms with Crippen molar-refractivity contribution in [2.45, 2.75) is 25.3 Å². The van der Waals surface area contributed by atoms with E-state index in [2.05, 4.69) is 4.72 Å². The first-order valence-corrected chi connectivity index (χ1v) is 9.65. The molecule has 24 heavy (non-hydrogen) atoms. The minimum atomic E-state index is -3.38. The Kier molecular flexibility index (Phi) is 5.79. The third-order valence-corrected chi connectivity index (χ3v) is 4.78. The predicted molar refractivity (Wildman–Crippen MR) is 89.6 cm³/mol. The van der Waals surface area contributed by atoms with Crippen LogP contribution in [0.2, 0.25) is 5.02 Å². The number of carbonyl (C=O) groups excluding carboxylic acids is 1. The molecule has 1 aliphatic heterocycles. The number of hydrogen-bond acceptors (Lipinski definition) is 5. The average molecular weight is 376 g/mol. The summed E-state index contributed by atoms with van der Waals surface area (Å²) in [5.74, 6) is -0.488. The van der Waals surface area contributed by atoms with Crippen molar-refractivity contribution in [2.24, 2.45) is 0 Å². The first-order valence-electron chi connectivity index (χ1n) is 7.38. The molecule has 1 aliphatic rings. The van der Waals surface area contributed by atoms with Gasteiger partial charge in [0.05, 0.1) is 11.2 Å². The zero-order valence-electron chi connectivity index (χ0n) is 13.1. The SMILES string of the molecule is CS(=O)(=O)NCC1CCCCN1C(=O)c1ccc(Cl)cc1[N+](=O)[O-]. The topological polar surface area (TPSA) is 110 Å². The second-order valence-corrected chi connectivity index (χ2v) is 7.96. The van der Waals surface area contributed by atoms with Crippen LogP contribution in [0.4, 0.5) is 5.69 Å². The number of hydrogen-bond donors (Lipinski definition) is 1. The fourth-order valence-corrected chi connectivity index (χ4v) is 3.38. The molecule has 1 amide bonds. The van der Waals surface area contributed by atoms with Gasteiger partial charge in [-0.1, -0.05) is 11.6 Å². The number of nitro benzene ring substituents is 1. The number of nitrogens with zero attached hydrogens (tertiary/aromatic N) is 2. The molecular formula is C14H18ClN3O5S. The van der Waals surface area contributed by atoms with Crippen LogP contribution in [0.3, 0.4) is 0 Å². The van der Waals surface area contributed by atoms with E-state index in [9.17, 15) is 23.3 Å². The molecule has 132 valence electrons. The second-order valence-electron chi connectivity index (χ2n) is 5.69. The highest BCUT2D eigenvalue weighted by atomic mass is 35.5. The van der Waals surface area contributed by atoms with E-state index in [0.29, 0.717) is 13.0 Å². The fraction of sp³-hybridized carbons (Fsp3) is 0.500. The maximum absolute atomic E-state index is 12.8. The monoisotopic (exact) mass is 375 g/mol. The van der Waals surface area contributed by atoms with Crippen LogP contribution < -0.4 is 4.72 Å². The lowest BCUT2D eigenvalue weighted by atomic mass is 10.0. The maximum atomic E-state index is 12.8. The van der Waals surface area contributed by atoms with Crippen molar-refractivity contribution in [3.63, 3.8) is 0 Å². The molecule has 0 spiro atoms. The maximum Gasteiger partial charge on any atom is 0.283 e. The minimum Gasteiger partial charge on any atom is -0.334 e. The lowest BCUT2D eigenvalue weighted by molar-refractivity contribution is -0.385. The summed E-state index contributed by atoms with van der Waals surface area (Å²) in [6.07, 6.45) is 3.31. The molecular weight excluding hydrogens is 358 g/mol. The summed E-state index contributed by atoms with van der Waals surface area (Å²) in [6.45, 7) is 0.515. The summed E-state index contributed by atoms with van der Waals surface area (Å²) in [5, 5.41) is 11.4. The summed E-state index contributed by atoms with van der Waals surface area (Å²) in [4.78, 5) is 24.8. The molecule has 0 radical (unpaired) electrons. The smallest absolute Gasteiger partial charge is 0.283 e. The molecule has 8 nitrogen and oxygen atoms in total. The van der Waals surface area contributed by atoms with Gasteiger partial charge in [0.15, 0.2) is 0 Å². The molecule has 10 heteroatoms. The highest BCUT2D eigenvalue weighted by Gasteiger charge is 2.31. The predicted octanol–water partition coefficient (Wildman–Crippen LogP) is 1.79. The molecule has 1 atom stereocenters. The zero-order chi connectivity index (χ0) is 17.9. The summed E-state index contributed by atoms with van der Waals surface area (Å²) < 4.78 is 25.0. The molecule has 1 saturated heterocycles. The Bertz CT molecular complexity index is 753. The van der Waals surface area contributed by atoms with Gasteiger partial charge >= 0.3 is 0 Å². The van der Waals surface area contributed by atoms with Crippen molar-refractivity contribution >= 4 is 33.2 Å². The highest BCUT2D eigenvalue weighted by molar-refractivity contribution is 7.88. The number of benzene rings is 1. The van der Waals surface area contributed by atoms with E-state index in [1.807, 2.05) is 0 Å². The van der Waals surface area contributed by atoms with Gasteiger partial charge in [-0.3, -0.25) is 14.9 Å². The number of likely N-dealkylation sites (tertiary alicyclic amines) is 1. The van der Waals surface area contributed by atoms with Crippen molar-refractivity contribution in [1.29, 1.82) is 0 Å². The van der Waals surface area contributed by atoms with Crippen LogP contribution in [0.25, 0.3) is 0 Å². The number of amides is 1. The van der Waals surface area contributed by atoms with Gasteiger partial charge in [0.1, 0.15) is 5.56 Å². The highest BCUT2D eigenvalue weighted by Crippen LogP contribution is 2.27. The lowest BCUT2D eigenvalue weighted by Gasteiger charge is -2.35. The van der Waals surface area contributed by atoms with Crippen LogP contribution in [0.15, 0.2) is 18.2 Å². The number of sulfonamides is 1. The fourth-order valence-electron chi connectivity index (χ4n) is 2.72. The number of nitrogens with one attached hydrogen (secondary N) is 1. The Labute approximate surface area is 145 Å². The van der Waals surface area contributed by atoms with E-state index in [0.717, 1.165) is 25.2 Å². The van der Waals surface area contributed by atoms with E-state index in [1.54, 1.807) is 0 Å². The number of nitro groups is 1. The van der Waals surface area contributed by atoms with Crippen LogP contribution >= 0.6 is 11.6 Å². The molecule has 1 heterocycles. The Morgan fingerprint density at radius 1 is 1.46 bits per heavy atom. The van der Waals surface area contributed by atoms with Gasteiger partial charge in [0, 0.05) is 30.2 Å². The molecule has 1 aromatic carbocycles. The first kappa shape index (κ1) is 18.6. The Morgan fingerprint density at radius 3 is 2.79 bits per heavy atom. The molecule has 0 saturated carbocycles. The number of carbonyl (C=O) groups is 1. The third-order valence-electron chi connectivity index (χ3n) is 3.86. The molecule has 0 aliphatic carbocycles. The van der Waals surface area contributed by atoms with Crippen LogP contribution in [-0.2, 0) is 10.0 Å². The average Bonchev–Trinajstić information content (AvgIpc) is 2.51. The van der Waals surface area contributed by atoms with Gasteiger partial charge in [0.2, 0.25) is 10.0 Å². The summed E-state index contributed by atoms with van der Waals surface area (Å²) >= 11 is 5.77. The number of halogens is 1. The summed E-state index contributed by atoms with van der Waals surface area (Å²) in [6, 6.07) is 3.56. The van der Waals surface area contributed by atoms with Crippen LogP contribution in [0.5, 0.6) is 0 Å². The summed E-state index contributed by atoms with van der Waals surface area (Å²) in [7, 11) is -3.38. The first-order chi connectivity index (χ1) is 11.2. The van der Waals surface area contributed by atoms with E-state index in [1.165, 1.54) is 17.0 Å². The van der Waals surface area contributed by atoms with Gasteiger partial charge in [-0.2, -0.15) is 0 Å². The second kappa shape index (κ2) is 7.45. The van der Waals surface area contributed by atoms with Gasteiger partial charge in [-0.15, -0.1) is 0 Å². The normalized spacial score (nSPS) is 18.4. The largest absolute Gasteiger partial charge is 0.334 e. The molecule has 0 bridgehead atoms. The molecule has 1 fully saturated rings. The van der Waals surface area contributed by atoms with Crippen molar-refractivity contribution in [3.05, 3.63) is 38.9 Å². The number of rotatable bonds is 5. The van der Waals surface area contributed by atoms with Crippen molar-refractivity contribution in [1.82, 2.24) is 9.62 Å². The molecule has 2 rings (SSSR count). The van der Waals surface area contributed by atoms with E-state index < -0.39 is 20.9 Å². The van der Waals surface area contributed by atoms with Gasteiger partial charge in [0.25, 0.3) is 11.6 Å². The Morgan fingerprint density at radius 2 is 2.17 bits per heavy atom. The van der Waals surface area contributed by atoms with Gasteiger partial charge < -0.3 is 4.90 Å². The number of piperidine rings is 1. The van der Waals surface area contributed by atoms with E-state index >= 15 is 0 Å². The van der Waals surface area contributed by atoms with Crippen molar-refractivity contribution in [2.75, 3.05) is 19.3 Å². The standard InChI is InChI=1S/C14H18ClN3O5S/c1-24(22,23)16-9-11-4-2-3-7-17(11)14(19)12-6-5-10(15)8-13(12)18(20)21/h5-6,8,11,16H,2-4,7,9H2,1H3. The Hall–Kier alpha value is -1.71. The zero-order valence-corrected chi connectivity index (χ0v) is 14.6. The Balaban J connectivity index is 2.27. The molecule has 1 unspecified atom stereocenters. The molecule has 0 aromatic heterocycles. The lowest BCUT2D eigenvalue weighted by Crippen LogP contribution is -2.49.